The normalized spacial score (nSPS) is 10.1. The van der Waals surface area contributed by atoms with Gasteiger partial charge in [-0.05, 0) is 6.07 Å². The minimum absolute atomic E-state index is 0.211. The number of methoxy groups -OCH3 is 1. The summed E-state index contributed by atoms with van der Waals surface area (Å²) in [5.74, 6) is 5.81. The van der Waals surface area contributed by atoms with E-state index in [9.17, 15) is 4.79 Å². The van der Waals surface area contributed by atoms with E-state index in [4.69, 9.17) is 9.47 Å². The molecule has 0 aliphatic carbocycles. The van der Waals surface area contributed by atoms with Crippen molar-refractivity contribution in [3.05, 3.63) is 35.5 Å². The van der Waals surface area contributed by atoms with Gasteiger partial charge in [-0.2, -0.15) is 0 Å². The van der Waals surface area contributed by atoms with Gasteiger partial charge in [0.05, 0.1) is 11.3 Å². The van der Waals surface area contributed by atoms with Crippen LogP contribution >= 0.6 is 0 Å². The van der Waals surface area contributed by atoms with E-state index in [1.165, 1.54) is 0 Å². The van der Waals surface area contributed by atoms with Crippen molar-refractivity contribution in [1.82, 2.24) is 4.98 Å². The molecule has 0 amide bonds. The molecule has 0 bridgehead atoms. The van der Waals surface area contributed by atoms with Crippen LogP contribution in [0.25, 0.3) is 10.9 Å². The number of para-hydroxylation sites is 1. The van der Waals surface area contributed by atoms with Crippen LogP contribution in [0.2, 0.25) is 0 Å². The third-order valence-electron chi connectivity index (χ3n) is 2.44. The zero-order valence-electron chi connectivity index (χ0n) is 10.0. The molecular weight excluding hydrogens is 230 g/mol. The maximum Gasteiger partial charge on any atom is 0.167 e. The van der Waals surface area contributed by atoms with Crippen LogP contribution in [0.4, 0.5) is 0 Å². The Hall–Kier alpha value is -2.09. The first kappa shape index (κ1) is 12.4. The average Bonchev–Trinajstić information content (AvgIpc) is 2.77. The zero-order chi connectivity index (χ0) is 12.8. The summed E-state index contributed by atoms with van der Waals surface area (Å²) < 4.78 is 9.81. The number of carbonyl (C=O) groups is 1. The Kier molecular flexibility index (Phi) is 4.13. The van der Waals surface area contributed by atoms with Crippen LogP contribution in [0.15, 0.2) is 24.3 Å². The Bertz CT molecular complexity index is 604. The van der Waals surface area contributed by atoms with E-state index in [1.807, 2.05) is 24.3 Å². The van der Waals surface area contributed by atoms with E-state index >= 15 is 0 Å². The molecule has 0 unspecified atom stereocenters. The minimum atomic E-state index is 0.211. The summed E-state index contributed by atoms with van der Waals surface area (Å²) in [6, 6.07) is 7.66. The van der Waals surface area contributed by atoms with Gasteiger partial charge in [0.1, 0.15) is 13.4 Å². The van der Waals surface area contributed by atoms with E-state index in [2.05, 4.69) is 16.8 Å². The van der Waals surface area contributed by atoms with Gasteiger partial charge in [-0.25, -0.2) is 0 Å². The molecule has 18 heavy (non-hydrogen) atoms. The van der Waals surface area contributed by atoms with Crippen molar-refractivity contribution in [2.24, 2.45) is 0 Å². The van der Waals surface area contributed by atoms with Gasteiger partial charge < -0.3 is 14.5 Å². The molecule has 1 aromatic heterocycles. The highest BCUT2D eigenvalue weighted by molar-refractivity contribution is 5.95. The highest BCUT2D eigenvalue weighted by atomic mass is 16.7. The first-order chi connectivity index (χ1) is 8.86. The Labute approximate surface area is 105 Å². The Morgan fingerprint density at radius 1 is 1.39 bits per heavy atom. The first-order valence-electron chi connectivity index (χ1n) is 5.48. The highest BCUT2D eigenvalue weighted by Crippen LogP contribution is 2.20. The van der Waals surface area contributed by atoms with Gasteiger partial charge in [0.15, 0.2) is 6.29 Å². The summed E-state index contributed by atoms with van der Waals surface area (Å²) in [6.07, 6.45) is 0.778. The molecule has 1 heterocycles. The molecule has 0 saturated heterocycles. The fourth-order valence-corrected chi connectivity index (χ4v) is 1.69. The number of rotatable bonds is 4. The van der Waals surface area contributed by atoms with Crippen LogP contribution in [-0.2, 0) is 9.47 Å². The van der Waals surface area contributed by atoms with Crippen LogP contribution < -0.4 is 0 Å². The van der Waals surface area contributed by atoms with Gasteiger partial charge in [0.25, 0.3) is 0 Å². The maximum absolute atomic E-state index is 11.0. The number of fused-ring (bicyclic) bond motifs is 1. The summed E-state index contributed by atoms with van der Waals surface area (Å²) in [5.41, 5.74) is 2.11. The standard InChI is InChI=1S/C14H13NO3/c1-17-10-18-8-4-6-12-11-5-2-3-7-13(11)15-14(12)9-16/h2-3,5,7,9,15H,8,10H2,1H3. The molecule has 0 fully saturated rings. The second-order valence-corrected chi connectivity index (χ2v) is 3.63. The molecule has 1 N–H and O–H groups in total. The van der Waals surface area contributed by atoms with E-state index in [-0.39, 0.29) is 13.4 Å². The third-order valence-corrected chi connectivity index (χ3v) is 2.44. The smallest absolute Gasteiger partial charge is 0.167 e. The van der Waals surface area contributed by atoms with Crippen LogP contribution in [0.5, 0.6) is 0 Å². The predicted octanol–water partition coefficient (Wildman–Crippen LogP) is 1.95. The average molecular weight is 243 g/mol. The van der Waals surface area contributed by atoms with E-state index < -0.39 is 0 Å². The lowest BCUT2D eigenvalue weighted by molar-refractivity contribution is -0.0166. The first-order valence-corrected chi connectivity index (χ1v) is 5.48. The molecule has 0 spiro atoms. The summed E-state index contributed by atoms with van der Waals surface area (Å²) in [4.78, 5) is 14.0. The predicted molar refractivity (Wildman–Crippen MR) is 68.4 cm³/mol. The van der Waals surface area contributed by atoms with Gasteiger partial charge in [0, 0.05) is 18.0 Å². The van der Waals surface area contributed by atoms with Crippen molar-refractivity contribution in [2.45, 2.75) is 0 Å². The number of H-pyrrole nitrogens is 1. The minimum Gasteiger partial charge on any atom is -0.359 e. The van der Waals surface area contributed by atoms with Crippen molar-refractivity contribution in [3.63, 3.8) is 0 Å². The lowest BCUT2D eigenvalue weighted by atomic mass is 10.1. The van der Waals surface area contributed by atoms with Gasteiger partial charge in [-0.1, -0.05) is 30.0 Å². The van der Waals surface area contributed by atoms with Gasteiger partial charge in [-0.3, -0.25) is 4.79 Å². The SMILES string of the molecule is COCOCC#Cc1c(C=O)[nH]c2ccccc12. The molecule has 92 valence electrons. The van der Waals surface area contributed by atoms with Crippen LogP contribution in [0.1, 0.15) is 16.1 Å². The number of hydrogen-bond acceptors (Lipinski definition) is 3. The number of aromatic amines is 1. The Morgan fingerprint density at radius 3 is 3.00 bits per heavy atom. The third kappa shape index (κ3) is 2.59. The number of aldehydes is 1. The molecule has 4 heteroatoms. The largest absolute Gasteiger partial charge is 0.359 e. The summed E-state index contributed by atoms with van der Waals surface area (Å²) in [6.45, 7) is 0.481. The van der Waals surface area contributed by atoms with Crippen molar-refractivity contribution < 1.29 is 14.3 Å². The number of ether oxygens (including phenoxy) is 2. The molecule has 0 aliphatic heterocycles. The van der Waals surface area contributed by atoms with Crippen molar-refractivity contribution in [1.29, 1.82) is 0 Å². The molecule has 1 aromatic carbocycles. The summed E-state index contributed by atoms with van der Waals surface area (Å²) in [7, 11) is 1.55. The number of benzene rings is 1. The number of carbonyl (C=O) groups excluding carboxylic acids is 1. The molecule has 0 saturated carbocycles. The van der Waals surface area contributed by atoms with Crippen molar-refractivity contribution in [3.8, 4) is 11.8 Å². The second-order valence-electron chi connectivity index (χ2n) is 3.63. The number of nitrogens with one attached hydrogen (secondary N) is 1. The van der Waals surface area contributed by atoms with E-state index in [1.54, 1.807) is 7.11 Å². The molecule has 4 nitrogen and oxygen atoms in total. The van der Waals surface area contributed by atoms with Crippen LogP contribution in [0.3, 0.4) is 0 Å². The number of hydrogen-bond donors (Lipinski definition) is 1. The van der Waals surface area contributed by atoms with Gasteiger partial charge >= 0.3 is 0 Å². The maximum atomic E-state index is 11.0. The molecular formula is C14H13NO3. The van der Waals surface area contributed by atoms with Crippen LogP contribution in [-0.4, -0.2) is 31.8 Å². The second kappa shape index (κ2) is 6.01. The summed E-state index contributed by atoms with van der Waals surface area (Å²) >= 11 is 0. The molecule has 2 rings (SSSR count). The van der Waals surface area contributed by atoms with E-state index in [0.717, 1.165) is 17.2 Å². The lowest BCUT2D eigenvalue weighted by Gasteiger charge is -1.94. The van der Waals surface area contributed by atoms with Crippen molar-refractivity contribution >= 4 is 17.2 Å². The fraction of sp³-hybridized carbons (Fsp3) is 0.214. The van der Waals surface area contributed by atoms with Crippen molar-refractivity contribution in [2.75, 3.05) is 20.5 Å². The fourth-order valence-electron chi connectivity index (χ4n) is 1.69. The summed E-state index contributed by atoms with van der Waals surface area (Å²) in [5, 5.41) is 0.943. The molecule has 0 radical (unpaired) electrons. The Morgan fingerprint density at radius 2 is 2.22 bits per heavy atom. The highest BCUT2D eigenvalue weighted by Gasteiger charge is 2.07. The molecule has 2 aromatic rings. The number of aromatic nitrogens is 1. The van der Waals surface area contributed by atoms with Crippen LogP contribution in [0, 0.1) is 11.8 Å². The zero-order valence-corrected chi connectivity index (χ0v) is 10.0. The molecule has 0 aliphatic rings. The topological polar surface area (TPSA) is 51.3 Å². The van der Waals surface area contributed by atoms with E-state index in [0.29, 0.717) is 11.3 Å². The molecule has 0 atom stereocenters. The Balaban J connectivity index is 2.28. The quantitative estimate of drug-likeness (QED) is 0.386. The monoisotopic (exact) mass is 243 g/mol. The van der Waals surface area contributed by atoms with Gasteiger partial charge in [-0.15, -0.1) is 0 Å². The lowest BCUT2D eigenvalue weighted by Crippen LogP contribution is -1.95. The van der Waals surface area contributed by atoms with Gasteiger partial charge in [0.2, 0.25) is 0 Å².